The second-order valence-corrected chi connectivity index (χ2v) is 16.5. The van der Waals surface area contributed by atoms with Gasteiger partial charge in [-0.05, 0) is 87.6 Å². The van der Waals surface area contributed by atoms with E-state index in [1.54, 1.807) is 42.3 Å². The Morgan fingerprint density at radius 1 is 0.850 bits per heavy atom. The monoisotopic (exact) mass is 819 g/mol. The molecule has 16 heteroatoms. The van der Waals surface area contributed by atoms with E-state index in [-0.39, 0.29) is 47.9 Å². The number of urea groups is 1. The molecular formula is C44H50FN9O6. The van der Waals surface area contributed by atoms with E-state index in [1.807, 2.05) is 32.0 Å². The highest BCUT2D eigenvalue weighted by Gasteiger charge is 2.45. The summed E-state index contributed by atoms with van der Waals surface area (Å²) in [4.78, 5) is 75.7. The summed E-state index contributed by atoms with van der Waals surface area (Å²) in [6, 6.07) is 16.4. The third-order valence-corrected chi connectivity index (χ3v) is 12.7. The van der Waals surface area contributed by atoms with Crippen molar-refractivity contribution >= 4 is 52.4 Å². The number of anilines is 4. The number of hydrogen-bond acceptors (Lipinski definition) is 11. The van der Waals surface area contributed by atoms with Crippen LogP contribution in [0.2, 0.25) is 0 Å². The van der Waals surface area contributed by atoms with Gasteiger partial charge in [-0.2, -0.15) is 5.26 Å². The van der Waals surface area contributed by atoms with E-state index < -0.39 is 29.7 Å². The standard InChI is InChI=1S/C44H50FN9O6/c1-27-25-53(28(2)24-52(27)33-6-4-30(23-46)39(22-33)60-3)44(59)47-31-5-9-37(36(45)20-31)51-14-12-29(13-15-51)26-49-16-18-50(19-17-49)32-7-8-34-35(21-32)43(58)54(42(34)57)38-10-11-40(55)48-41(38)56/h4-9,20-22,27-29,38H,10-19,24-26H2,1-3H3,(H,47,59)(H,48,55,56)/t27-,28+,38+/m0/s1. The lowest BCUT2D eigenvalue weighted by Crippen LogP contribution is -2.59. The van der Waals surface area contributed by atoms with Gasteiger partial charge in [-0.1, -0.05) is 0 Å². The number of halogens is 1. The van der Waals surface area contributed by atoms with Gasteiger partial charge >= 0.3 is 6.03 Å². The molecule has 0 spiro atoms. The number of fused-ring (bicyclic) bond motifs is 1. The topological polar surface area (TPSA) is 162 Å². The smallest absolute Gasteiger partial charge is 0.322 e. The van der Waals surface area contributed by atoms with Crippen LogP contribution in [0.4, 0.5) is 31.9 Å². The number of methoxy groups -OCH3 is 1. The van der Waals surface area contributed by atoms with Gasteiger partial charge in [-0.25, -0.2) is 9.18 Å². The maximum Gasteiger partial charge on any atom is 0.322 e. The first-order valence-electron chi connectivity index (χ1n) is 20.7. The molecule has 0 bridgehead atoms. The zero-order chi connectivity index (χ0) is 42.2. The normalized spacial score (nSPS) is 22.8. The summed E-state index contributed by atoms with van der Waals surface area (Å²) in [5, 5.41) is 14.5. The molecule has 3 atom stereocenters. The van der Waals surface area contributed by atoms with Gasteiger partial charge in [0.15, 0.2) is 0 Å². The van der Waals surface area contributed by atoms with Crippen LogP contribution in [0, 0.1) is 23.1 Å². The van der Waals surface area contributed by atoms with E-state index in [9.17, 15) is 29.2 Å². The molecule has 3 aromatic carbocycles. The second-order valence-electron chi connectivity index (χ2n) is 16.5. The fourth-order valence-corrected chi connectivity index (χ4v) is 9.32. The Labute approximate surface area is 348 Å². The highest BCUT2D eigenvalue weighted by Crippen LogP contribution is 2.33. The van der Waals surface area contributed by atoms with E-state index in [0.29, 0.717) is 41.7 Å². The lowest BCUT2D eigenvalue weighted by Gasteiger charge is -2.45. The summed E-state index contributed by atoms with van der Waals surface area (Å²) in [5.74, 6) is -1.43. The van der Waals surface area contributed by atoms with Crippen LogP contribution in [0.5, 0.6) is 5.75 Å². The third-order valence-electron chi connectivity index (χ3n) is 12.7. The Kier molecular flexibility index (Phi) is 11.4. The number of piperazine rings is 2. The third kappa shape index (κ3) is 7.93. The molecule has 2 N–H and O–H groups in total. The zero-order valence-corrected chi connectivity index (χ0v) is 34.2. The zero-order valence-electron chi connectivity index (χ0n) is 34.2. The number of nitrogens with zero attached hydrogens (tertiary/aromatic N) is 7. The maximum atomic E-state index is 15.6. The lowest BCUT2D eigenvalue weighted by molar-refractivity contribution is -0.136. The van der Waals surface area contributed by atoms with Gasteiger partial charge in [-0.15, -0.1) is 0 Å². The molecule has 6 amide bonds. The number of hydrogen-bond donors (Lipinski definition) is 2. The lowest BCUT2D eigenvalue weighted by atomic mass is 9.95. The minimum absolute atomic E-state index is 0.00300. The molecule has 5 aliphatic rings. The van der Waals surface area contributed by atoms with Crippen LogP contribution >= 0.6 is 0 Å². The van der Waals surface area contributed by atoms with Gasteiger partial charge in [0.25, 0.3) is 11.8 Å². The Morgan fingerprint density at radius 2 is 1.58 bits per heavy atom. The van der Waals surface area contributed by atoms with Crippen molar-refractivity contribution in [2.45, 2.75) is 57.7 Å². The van der Waals surface area contributed by atoms with Gasteiger partial charge in [0, 0.05) is 101 Å². The van der Waals surface area contributed by atoms with Crippen molar-refractivity contribution in [1.29, 1.82) is 5.26 Å². The molecule has 15 nitrogen and oxygen atoms in total. The summed E-state index contributed by atoms with van der Waals surface area (Å²) in [6.07, 6.45) is 2.06. The van der Waals surface area contributed by atoms with Crippen LogP contribution in [0.15, 0.2) is 54.6 Å². The van der Waals surface area contributed by atoms with Crippen LogP contribution in [-0.4, -0.2) is 128 Å². The van der Waals surface area contributed by atoms with E-state index >= 15 is 4.39 Å². The Morgan fingerprint density at radius 3 is 2.28 bits per heavy atom. The molecule has 60 heavy (non-hydrogen) atoms. The number of rotatable bonds is 8. The molecule has 0 aliphatic carbocycles. The molecule has 0 aromatic heterocycles. The summed E-state index contributed by atoms with van der Waals surface area (Å²) in [5.41, 5.74) is 3.73. The van der Waals surface area contributed by atoms with Gasteiger partial charge in [-0.3, -0.25) is 34.3 Å². The van der Waals surface area contributed by atoms with E-state index in [1.165, 1.54) is 6.07 Å². The van der Waals surface area contributed by atoms with Crippen LogP contribution in [-0.2, 0) is 9.59 Å². The van der Waals surface area contributed by atoms with Crippen LogP contribution in [0.3, 0.4) is 0 Å². The summed E-state index contributed by atoms with van der Waals surface area (Å²) >= 11 is 0. The highest BCUT2D eigenvalue weighted by molar-refractivity contribution is 6.23. The van der Waals surface area contributed by atoms with Crippen LogP contribution < -0.4 is 30.1 Å². The fraction of sp³-hybridized carbons (Fsp3) is 0.455. The number of benzene rings is 3. The molecule has 0 saturated carbocycles. The van der Waals surface area contributed by atoms with Crippen molar-refractivity contribution in [3.8, 4) is 11.8 Å². The van der Waals surface area contributed by atoms with Gasteiger partial charge in [0.05, 0.1) is 29.5 Å². The van der Waals surface area contributed by atoms with Crippen molar-refractivity contribution in [2.24, 2.45) is 5.92 Å². The number of piperidine rings is 2. The van der Waals surface area contributed by atoms with Crippen molar-refractivity contribution in [3.63, 3.8) is 0 Å². The molecule has 5 aliphatic heterocycles. The van der Waals surface area contributed by atoms with E-state index in [2.05, 4.69) is 36.3 Å². The van der Waals surface area contributed by atoms with Crippen molar-refractivity contribution in [2.75, 3.05) is 86.0 Å². The number of amides is 6. The summed E-state index contributed by atoms with van der Waals surface area (Å²) in [6.45, 7) is 10.7. The van der Waals surface area contributed by atoms with Gasteiger partial charge in [0.1, 0.15) is 23.7 Å². The predicted octanol–water partition coefficient (Wildman–Crippen LogP) is 4.28. The number of ether oxygens (including phenoxy) is 1. The molecule has 8 rings (SSSR count). The Balaban J connectivity index is 0.793. The average molecular weight is 820 g/mol. The van der Waals surface area contributed by atoms with Crippen molar-refractivity contribution < 1.29 is 33.1 Å². The minimum Gasteiger partial charge on any atom is -0.495 e. The SMILES string of the molecule is COc1cc(N2C[C@@H](C)N(C(=O)Nc3ccc(N4CCC(CN5CCN(c6ccc7c(c6)C(=O)N([C@@H]6CCC(=O)NC6=O)C7=O)CC5)CC4)c(F)c3)C[C@@H]2C)ccc1C#N. The molecule has 4 fully saturated rings. The molecule has 4 saturated heterocycles. The first-order valence-corrected chi connectivity index (χ1v) is 20.7. The van der Waals surface area contributed by atoms with Gasteiger partial charge in [0.2, 0.25) is 11.8 Å². The number of imide groups is 2. The van der Waals surface area contributed by atoms with E-state index in [4.69, 9.17) is 4.74 Å². The van der Waals surface area contributed by atoms with Crippen molar-refractivity contribution in [3.05, 3.63) is 77.1 Å². The average Bonchev–Trinajstić information content (AvgIpc) is 3.49. The summed E-state index contributed by atoms with van der Waals surface area (Å²) in [7, 11) is 1.54. The Bertz CT molecular complexity index is 2250. The number of nitrogens with one attached hydrogen (secondary N) is 2. The Hall–Kier alpha value is -6.21. The number of carbonyl (C=O) groups excluding carboxylic acids is 5. The largest absolute Gasteiger partial charge is 0.495 e. The molecule has 0 unspecified atom stereocenters. The van der Waals surface area contributed by atoms with Crippen molar-refractivity contribution in [1.82, 2.24) is 20.0 Å². The second kappa shape index (κ2) is 16.8. The molecule has 0 radical (unpaired) electrons. The molecule has 5 heterocycles. The summed E-state index contributed by atoms with van der Waals surface area (Å²) < 4.78 is 21.0. The number of nitriles is 1. The number of carbonyl (C=O) groups is 5. The first kappa shape index (κ1) is 40.6. The molecule has 3 aromatic rings. The minimum atomic E-state index is -0.991. The molecule has 314 valence electrons. The maximum absolute atomic E-state index is 15.6. The van der Waals surface area contributed by atoms with Gasteiger partial charge < -0.3 is 29.7 Å². The van der Waals surface area contributed by atoms with Crippen LogP contribution in [0.25, 0.3) is 0 Å². The molecular weight excluding hydrogens is 770 g/mol. The first-order chi connectivity index (χ1) is 28.9. The quantitative estimate of drug-likeness (QED) is 0.313. The predicted molar refractivity (Wildman–Crippen MR) is 223 cm³/mol. The van der Waals surface area contributed by atoms with E-state index in [0.717, 1.165) is 74.9 Å². The van der Waals surface area contributed by atoms with Crippen LogP contribution in [0.1, 0.15) is 65.8 Å². The highest BCUT2D eigenvalue weighted by atomic mass is 19.1. The fourth-order valence-electron chi connectivity index (χ4n) is 9.32.